The second-order valence-corrected chi connectivity index (χ2v) is 6.76. The summed E-state index contributed by atoms with van der Waals surface area (Å²) in [5.41, 5.74) is 2.78. The Hall–Kier alpha value is -1.88. The number of carbonyl (C=O) groups is 2. The number of aliphatic hydroxyl groups is 1. The van der Waals surface area contributed by atoms with Gasteiger partial charge in [0.05, 0.1) is 17.9 Å². The third-order valence-electron chi connectivity index (χ3n) is 5.61. The number of rotatable bonds is 2. The summed E-state index contributed by atoms with van der Waals surface area (Å²) in [6.07, 6.45) is -0.402. The SMILES string of the molecule is Cc1cccc(C)c1NC(=O)C1C2CC3C(OC(=O)C31)C2O. The van der Waals surface area contributed by atoms with Gasteiger partial charge in [0, 0.05) is 17.5 Å². The Labute approximate surface area is 128 Å². The van der Waals surface area contributed by atoms with Crippen molar-refractivity contribution in [2.24, 2.45) is 23.7 Å². The van der Waals surface area contributed by atoms with Gasteiger partial charge in [-0.2, -0.15) is 0 Å². The number of aliphatic hydroxyl groups excluding tert-OH is 1. The highest BCUT2D eigenvalue weighted by Crippen LogP contribution is 2.57. The van der Waals surface area contributed by atoms with Crippen molar-refractivity contribution in [3.63, 3.8) is 0 Å². The summed E-state index contributed by atoms with van der Waals surface area (Å²) in [6, 6.07) is 5.83. The van der Waals surface area contributed by atoms with E-state index in [9.17, 15) is 14.7 Å². The number of nitrogens with one attached hydrogen (secondary N) is 1. The fourth-order valence-electron chi connectivity index (χ4n) is 4.59. The average Bonchev–Trinajstić information content (AvgIpc) is 3.07. The van der Waals surface area contributed by atoms with E-state index in [4.69, 9.17) is 4.74 Å². The Kier molecular flexibility index (Phi) is 2.85. The molecular weight excluding hydrogens is 282 g/mol. The van der Waals surface area contributed by atoms with Crippen LogP contribution < -0.4 is 5.32 Å². The fourth-order valence-corrected chi connectivity index (χ4v) is 4.59. The van der Waals surface area contributed by atoms with Gasteiger partial charge in [0.15, 0.2) is 0 Å². The lowest BCUT2D eigenvalue weighted by molar-refractivity contribution is -0.146. The molecule has 1 saturated heterocycles. The van der Waals surface area contributed by atoms with Crippen LogP contribution in [0, 0.1) is 37.5 Å². The zero-order valence-corrected chi connectivity index (χ0v) is 12.6. The zero-order valence-electron chi connectivity index (χ0n) is 12.6. The summed E-state index contributed by atoms with van der Waals surface area (Å²) in [4.78, 5) is 24.8. The Morgan fingerprint density at radius 2 is 1.95 bits per heavy atom. The molecular formula is C17H19NO4. The summed E-state index contributed by atoms with van der Waals surface area (Å²) in [5, 5.41) is 13.2. The van der Waals surface area contributed by atoms with Crippen molar-refractivity contribution in [1.29, 1.82) is 0 Å². The lowest BCUT2D eigenvalue weighted by Crippen LogP contribution is -2.42. The summed E-state index contributed by atoms with van der Waals surface area (Å²) in [6.45, 7) is 3.89. The van der Waals surface area contributed by atoms with Gasteiger partial charge in [-0.3, -0.25) is 9.59 Å². The van der Waals surface area contributed by atoms with Gasteiger partial charge >= 0.3 is 5.97 Å². The van der Waals surface area contributed by atoms with Gasteiger partial charge in [-0.25, -0.2) is 0 Å². The van der Waals surface area contributed by atoms with Gasteiger partial charge in [-0.15, -0.1) is 0 Å². The van der Waals surface area contributed by atoms with Crippen LogP contribution in [-0.4, -0.2) is 29.2 Å². The first-order valence-corrected chi connectivity index (χ1v) is 7.74. The van der Waals surface area contributed by atoms with Crippen LogP contribution in [0.1, 0.15) is 17.5 Å². The molecule has 1 amide bonds. The van der Waals surface area contributed by atoms with Crippen molar-refractivity contribution >= 4 is 17.6 Å². The molecule has 22 heavy (non-hydrogen) atoms. The van der Waals surface area contributed by atoms with E-state index in [1.165, 1.54) is 0 Å². The molecule has 5 nitrogen and oxygen atoms in total. The molecule has 2 bridgehead atoms. The number of anilines is 1. The monoisotopic (exact) mass is 301 g/mol. The van der Waals surface area contributed by atoms with E-state index < -0.39 is 18.1 Å². The number of carbonyl (C=O) groups excluding carboxylic acids is 2. The molecule has 2 saturated carbocycles. The van der Waals surface area contributed by atoms with E-state index in [0.29, 0.717) is 6.42 Å². The van der Waals surface area contributed by atoms with Crippen LogP contribution >= 0.6 is 0 Å². The van der Waals surface area contributed by atoms with Crippen molar-refractivity contribution in [3.8, 4) is 0 Å². The van der Waals surface area contributed by atoms with E-state index in [2.05, 4.69) is 5.32 Å². The molecule has 1 aliphatic heterocycles. The predicted octanol–water partition coefficient (Wildman–Crippen LogP) is 1.41. The standard InChI is InChI=1S/C17H19NO4/c1-7-4-3-5-8(2)13(7)18-16(20)11-9-6-10-12(11)17(21)22-15(10)14(9)19/h3-5,9-12,14-15,19H,6H2,1-2H3,(H,18,20). The maximum atomic E-state index is 12.8. The molecule has 3 aliphatic rings. The smallest absolute Gasteiger partial charge is 0.310 e. The highest BCUT2D eigenvalue weighted by Gasteiger charge is 2.68. The zero-order chi connectivity index (χ0) is 15.6. The summed E-state index contributed by atoms with van der Waals surface area (Å²) >= 11 is 0. The van der Waals surface area contributed by atoms with Crippen LogP contribution in [0.15, 0.2) is 18.2 Å². The third kappa shape index (κ3) is 1.69. The van der Waals surface area contributed by atoms with Crippen LogP contribution in [0.2, 0.25) is 0 Å². The van der Waals surface area contributed by atoms with Gasteiger partial charge in [0.25, 0.3) is 0 Å². The maximum absolute atomic E-state index is 12.8. The highest BCUT2D eigenvalue weighted by atomic mass is 16.6. The second kappa shape index (κ2) is 4.56. The molecule has 0 spiro atoms. The van der Waals surface area contributed by atoms with E-state index in [0.717, 1.165) is 16.8 Å². The Bertz CT molecular complexity index is 650. The molecule has 2 N–H and O–H groups in total. The minimum absolute atomic E-state index is 0.00113. The molecule has 3 fully saturated rings. The van der Waals surface area contributed by atoms with Crippen molar-refractivity contribution in [3.05, 3.63) is 29.3 Å². The summed E-state index contributed by atoms with van der Waals surface area (Å²) in [5.74, 6) is -1.54. The summed E-state index contributed by atoms with van der Waals surface area (Å²) < 4.78 is 5.26. The molecule has 1 heterocycles. The van der Waals surface area contributed by atoms with Crippen LogP contribution in [-0.2, 0) is 14.3 Å². The molecule has 4 rings (SSSR count). The van der Waals surface area contributed by atoms with Crippen molar-refractivity contribution in [2.45, 2.75) is 32.5 Å². The summed E-state index contributed by atoms with van der Waals surface area (Å²) in [7, 11) is 0. The van der Waals surface area contributed by atoms with E-state index in [-0.39, 0.29) is 29.6 Å². The van der Waals surface area contributed by atoms with Crippen molar-refractivity contribution in [2.75, 3.05) is 5.32 Å². The number of esters is 1. The van der Waals surface area contributed by atoms with Crippen molar-refractivity contribution in [1.82, 2.24) is 0 Å². The number of ether oxygens (including phenoxy) is 1. The Morgan fingerprint density at radius 3 is 2.64 bits per heavy atom. The highest BCUT2D eigenvalue weighted by molar-refractivity contribution is 5.98. The van der Waals surface area contributed by atoms with Crippen LogP contribution in [0.3, 0.4) is 0 Å². The first kappa shape index (κ1) is 13.8. The number of hydrogen-bond donors (Lipinski definition) is 2. The van der Waals surface area contributed by atoms with Gasteiger partial charge in [0.1, 0.15) is 6.10 Å². The maximum Gasteiger partial charge on any atom is 0.310 e. The molecule has 0 radical (unpaired) electrons. The minimum atomic E-state index is -0.707. The first-order valence-electron chi connectivity index (χ1n) is 7.74. The Morgan fingerprint density at radius 1 is 1.27 bits per heavy atom. The molecule has 2 aliphatic carbocycles. The topological polar surface area (TPSA) is 75.6 Å². The van der Waals surface area contributed by atoms with Gasteiger partial charge in [0.2, 0.25) is 5.91 Å². The minimum Gasteiger partial charge on any atom is -0.459 e. The number of fused-ring (bicyclic) bond motifs is 1. The van der Waals surface area contributed by atoms with Crippen LogP contribution in [0.4, 0.5) is 5.69 Å². The normalized spacial score (nSPS) is 38.2. The molecule has 116 valence electrons. The number of para-hydroxylation sites is 1. The lowest BCUT2D eigenvalue weighted by atomic mass is 9.78. The van der Waals surface area contributed by atoms with Crippen LogP contribution in [0.5, 0.6) is 0 Å². The average molecular weight is 301 g/mol. The number of amides is 1. The van der Waals surface area contributed by atoms with E-state index in [1.54, 1.807) is 0 Å². The molecule has 5 heteroatoms. The number of hydrogen-bond acceptors (Lipinski definition) is 4. The van der Waals surface area contributed by atoms with Gasteiger partial charge < -0.3 is 15.2 Å². The first-order chi connectivity index (χ1) is 10.5. The second-order valence-electron chi connectivity index (χ2n) is 6.76. The van der Waals surface area contributed by atoms with E-state index in [1.807, 2.05) is 32.0 Å². The van der Waals surface area contributed by atoms with Crippen LogP contribution in [0.25, 0.3) is 0 Å². The molecule has 6 unspecified atom stereocenters. The molecule has 0 aromatic heterocycles. The number of aryl methyl sites for hydroxylation is 2. The fraction of sp³-hybridized carbons (Fsp3) is 0.529. The largest absolute Gasteiger partial charge is 0.459 e. The lowest BCUT2D eigenvalue weighted by Gasteiger charge is -2.28. The quantitative estimate of drug-likeness (QED) is 0.810. The Balaban J connectivity index is 1.63. The van der Waals surface area contributed by atoms with Gasteiger partial charge in [-0.1, -0.05) is 18.2 Å². The number of benzene rings is 1. The molecule has 6 atom stereocenters. The van der Waals surface area contributed by atoms with Crippen molar-refractivity contribution < 1.29 is 19.4 Å². The molecule has 1 aromatic rings. The predicted molar refractivity (Wildman–Crippen MR) is 79.0 cm³/mol. The van der Waals surface area contributed by atoms with Gasteiger partial charge in [-0.05, 0) is 31.4 Å². The van der Waals surface area contributed by atoms with E-state index >= 15 is 0 Å². The molecule has 1 aromatic carbocycles. The third-order valence-corrected chi connectivity index (χ3v) is 5.61.